The number of nitrogens with zero attached hydrogens (tertiary/aromatic N) is 1. The molecule has 0 aromatic heterocycles. The highest BCUT2D eigenvalue weighted by Gasteiger charge is 2.19. The monoisotopic (exact) mass is 493 g/mol. The summed E-state index contributed by atoms with van der Waals surface area (Å²) in [4.78, 5) is 23.2. The number of carbonyl (C=O) groups excluding carboxylic acids is 1. The van der Waals surface area contributed by atoms with E-state index in [1.807, 2.05) is 24.3 Å². The zero-order chi connectivity index (χ0) is 21.1. The molecule has 0 unspecified atom stereocenters. The highest BCUT2D eigenvalue weighted by molar-refractivity contribution is 9.10. The summed E-state index contributed by atoms with van der Waals surface area (Å²) in [7, 11) is 1.46. The maximum atomic E-state index is 12.8. The Morgan fingerprint density at radius 3 is 2.66 bits per heavy atom. The average Bonchev–Trinajstić information content (AvgIpc) is 2.69. The van der Waals surface area contributed by atoms with Crippen molar-refractivity contribution in [2.24, 2.45) is 0 Å². The molecule has 0 radical (unpaired) electrons. The van der Waals surface area contributed by atoms with Gasteiger partial charge in [-0.05, 0) is 51.1 Å². The summed E-state index contributed by atoms with van der Waals surface area (Å²) in [5, 5.41) is 18.1. The number of halogens is 2. The third kappa shape index (κ3) is 4.47. The van der Waals surface area contributed by atoms with Crippen LogP contribution in [0.25, 0.3) is 10.8 Å². The van der Waals surface area contributed by atoms with Gasteiger partial charge in [0.05, 0.1) is 32.8 Å². The number of ether oxygens (including phenoxy) is 1. The maximum absolute atomic E-state index is 12.8. The Bertz CT molecular complexity index is 1160. The Labute approximate surface area is 184 Å². The molecule has 0 aliphatic carbocycles. The molecule has 0 spiro atoms. The van der Waals surface area contributed by atoms with E-state index in [2.05, 4.69) is 26.6 Å². The second-order valence-corrected chi connectivity index (χ2v) is 7.43. The van der Waals surface area contributed by atoms with Crippen LogP contribution in [0.3, 0.4) is 0 Å². The van der Waals surface area contributed by atoms with E-state index in [1.54, 1.807) is 6.07 Å². The minimum absolute atomic E-state index is 0.0660. The van der Waals surface area contributed by atoms with E-state index in [4.69, 9.17) is 28.6 Å². The van der Waals surface area contributed by atoms with E-state index in [0.29, 0.717) is 10.2 Å². The molecular weight excluding hydrogens is 482 g/mol. The molecule has 10 heteroatoms. The molecular formula is C19H13BrClN3O4S. The fraction of sp³-hybridized carbons (Fsp3) is 0.0526. The Balaban J connectivity index is 1.86. The van der Waals surface area contributed by atoms with Gasteiger partial charge in [0, 0.05) is 12.1 Å². The van der Waals surface area contributed by atoms with Crippen LogP contribution in [0.4, 0.5) is 11.4 Å². The third-order valence-corrected chi connectivity index (χ3v) is 5.35. The van der Waals surface area contributed by atoms with Crippen molar-refractivity contribution in [2.75, 3.05) is 12.4 Å². The van der Waals surface area contributed by atoms with Gasteiger partial charge in [-0.1, -0.05) is 35.9 Å². The molecule has 0 fully saturated rings. The summed E-state index contributed by atoms with van der Waals surface area (Å²) in [5.74, 6) is -0.148. The number of methoxy groups -OCH3 is 1. The maximum Gasteiger partial charge on any atom is 0.271 e. The number of fused-ring (bicyclic) bond motifs is 1. The minimum Gasteiger partial charge on any atom is -0.495 e. The van der Waals surface area contributed by atoms with Crippen LogP contribution in [0.1, 0.15) is 10.4 Å². The smallest absolute Gasteiger partial charge is 0.271 e. The molecule has 3 aromatic carbocycles. The number of nitro groups is 1. The van der Waals surface area contributed by atoms with Gasteiger partial charge in [0.15, 0.2) is 5.11 Å². The van der Waals surface area contributed by atoms with Crippen LogP contribution in [0.2, 0.25) is 5.02 Å². The van der Waals surface area contributed by atoms with E-state index in [0.717, 1.165) is 10.8 Å². The van der Waals surface area contributed by atoms with Crippen LogP contribution < -0.4 is 15.4 Å². The predicted molar refractivity (Wildman–Crippen MR) is 120 cm³/mol. The highest BCUT2D eigenvalue weighted by atomic mass is 79.9. The van der Waals surface area contributed by atoms with E-state index < -0.39 is 10.8 Å². The summed E-state index contributed by atoms with van der Waals surface area (Å²) < 4.78 is 6.04. The number of amides is 1. The SMILES string of the molecule is COc1c(C(=O)NC(=S)Nc2cc([N+](=O)[O-])ccc2Cl)cc2ccccc2c1Br. The highest BCUT2D eigenvalue weighted by Crippen LogP contribution is 2.36. The van der Waals surface area contributed by atoms with Gasteiger partial charge in [0.1, 0.15) is 5.75 Å². The summed E-state index contributed by atoms with van der Waals surface area (Å²) in [6.45, 7) is 0. The van der Waals surface area contributed by atoms with E-state index in [-0.39, 0.29) is 27.1 Å². The Hall–Kier alpha value is -2.75. The number of benzene rings is 3. The van der Waals surface area contributed by atoms with Crippen molar-refractivity contribution in [1.82, 2.24) is 5.32 Å². The van der Waals surface area contributed by atoms with Crippen molar-refractivity contribution in [3.8, 4) is 5.75 Å². The van der Waals surface area contributed by atoms with Crippen molar-refractivity contribution >= 4 is 72.9 Å². The predicted octanol–water partition coefficient (Wildman–Crippen LogP) is 5.30. The fourth-order valence-electron chi connectivity index (χ4n) is 2.70. The van der Waals surface area contributed by atoms with Gasteiger partial charge in [0.25, 0.3) is 11.6 Å². The standard InChI is InChI=1S/C19H13BrClN3O4S/c1-28-17-13(8-10-4-2-3-5-12(10)16(17)20)18(25)23-19(29)22-15-9-11(24(26)27)6-7-14(15)21/h2-9H,1H3,(H2,22,23,25,29). The molecule has 0 aliphatic heterocycles. The second-order valence-electron chi connectivity index (χ2n) is 5.82. The van der Waals surface area contributed by atoms with E-state index in [9.17, 15) is 14.9 Å². The molecule has 0 saturated carbocycles. The molecule has 148 valence electrons. The molecule has 29 heavy (non-hydrogen) atoms. The molecule has 2 N–H and O–H groups in total. The van der Waals surface area contributed by atoms with Crippen LogP contribution in [-0.2, 0) is 0 Å². The Morgan fingerprint density at radius 2 is 1.97 bits per heavy atom. The molecule has 3 rings (SSSR count). The lowest BCUT2D eigenvalue weighted by Gasteiger charge is -2.15. The summed E-state index contributed by atoms with van der Waals surface area (Å²) in [6.07, 6.45) is 0. The lowest BCUT2D eigenvalue weighted by atomic mass is 10.1. The number of non-ortho nitro benzene ring substituents is 1. The molecule has 0 heterocycles. The van der Waals surface area contributed by atoms with Crippen molar-refractivity contribution in [3.63, 3.8) is 0 Å². The van der Waals surface area contributed by atoms with Crippen molar-refractivity contribution < 1.29 is 14.5 Å². The zero-order valence-corrected chi connectivity index (χ0v) is 18.0. The number of anilines is 1. The summed E-state index contributed by atoms with van der Waals surface area (Å²) >= 11 is 14.7. The summed E-state index contributed by atoms with van der Waals surface area (Å²) in [6, 6.07) is 13.1. The lowest BCUT2D eigenvalue weighted by Crippen LogP contribution is -2.34. The lowest BCUT2D eigenvalue weighted by molar-refractivity contribution is -0.384. The van der Waals surface area contributed by atoms with Crippen molar-refractivity contribution in [3.05, 3.63) is 73.7 Å². The Kier molecular flexibility index (Phi) is 6.31. The third-order valence-electron chi connectivity index (χ3n) is 4.03. The Morgan fingerprint density at radius 1 is 1.24 bits per heavy atom. The van der Waals surface area contributed by atoms with Gasteiger partial charge in [0.2, 0.25) is 0 Å². The quantitative estimate of drug-likeness (QED) is 0.290. The largest absolute Gasteiger partial charge is 0.495 e. The first kappa shape index (κ1) is 21.0. The van der Waals surface area contributed by atoms with Gasteiger partial charge >= 0.3 is 0 Å². The van der Waals surface area contributed by atoms with E-state index in [1.165, 1.54) is 25.3 Å². The van der Waals surface area contributed by atoms with Crippen LogP contribution in [0.5, 0.6) is 5.75 Å². The number of nitro benzene ring substituents is 1. The molecule has 7 nitrogen and oxygen atoms in total. The fourth-order valence-corrected chi connectivity index (χ4v) is 3.80. The van der Waals surface area contributed by atoms with Crippen LogP contribution in [-0.4, -0.2) is 23.1 Å². The molecule has 1 amide bonds. The summed E-state index contributed by atoms with van der Waals surface area (Å²) in [5.41, 5.74) is 0.316. The first-order valence-corrected chi connectivity index (χ1v) is 9.71. The zero-order valence-electron chi connectivity index (χ0n) is 14.9. The van der Waals surface area contributed by atoms with Crippen molar-refractivity contribution in [2.45, 2.75) is 0 Å². The minimum atomic E-state index is -0.555. The molecule has 0 atom stereocenters. The van der Waals surface area contributed by atoms with Crippen LogP contribution in [0.15, 0.2) is 53.0 Å². The average molecular weight is 495 g/mol. The number of carbonyl (C=O) groups is 1. The number of hydrogen-bond donors (Lipinski definition) is 2. The number of thiocarbonyl (C=S) groups is 1. The molecule has 3 aromatic rings. The van der Waals surface area contributed by atoms with Gasteiger partial charge in [-0.25, -0.2) is 0 Å². The second kappa shape index (κ2) is 8.73. The van der Waals surface area contributed by atoms with Crippen molar-refractivity contribution in [1.29, 1.82) is 0 Å². The molecule has 0 saturated heterocycles. The van der Waals surface area contributed by atoms with Gasteiger partial charge in [-0.3, -0.25) is 20.2 Å². The first-order valence-electron chi connectivity index (χ1n) is 8.13. The number of nitrogens with one attached hydrogen (secondary N) is 2. The van der Waals surface area contributed by atoms with Gasteiger partial charge < -0.3 is 10.1 Å². The molecule has 0 bridgehead atoms. The van der Waals surface area contributed by atoms with Gasteiger partial charge in [-0.15, -0.1) is 0 Å². The topological polar surface area (TPSA) is 93.5 Å². The first-order chi connectivity index (χ1) is 13.8. The number of rotatable bonds is 4. The van der Waals surface area contributed by atoms with E-state index >= 15 is 0 Å². The van der Waals surface area contributed by atoms with Crippen LogP contribution in [0, 0.1) is 10.1 Å². The van der Waals surface area contributed by atoms with Crippen LogP contribution >= 0.6 is 39.7 Å². The number of hydrogen-bond acceptors (Lipinski definition) is 5. The molecule has 0 aliphatic rings. The normalized spacial score (nSPS) is 10.4. The van der Waals surface area contributed by atoms with Gasteiger partial charge in [-0.2, -0.15) is 0 Å².